The predicted molar refractivity (Wildman–Crippen MR) is 99.8 cm³/mol. The summed E-state index contributed by atoms with van der Waals surface area (Å²) in [6.45, 7) is 6.64. The lowest BCUT2D eigenvalue weighted by Gasteiger charge is -2.34. The summed E-state index contributed by atoms with van der Waals surface area (Å²) in [7, 11) is -1.36. The zero-order chi connectivity index (χ0) is 18.9. The highest BCUT2D eigenvalue weighted by molar-refractivity contribution is 7.89. The fourth-order valence-electron chi connectivity index (χ4n) is 3.54. The van der Waals surface area contributed by atoms with E-state index in [1.54, 1.807) is 10.4 Å². The van der Waals surface area contributed by atoms with Crippen LogP contribution in [0, 0.1) is 5.92 Å². The number of aromatic amines is 1. The number of sulfonamides is 1. The number of nitrogens with zero attached hydrogens (tertiary/aromatic N) is 1. The lowest BCUT2D eigenvalue weighted by atomic mass is 10.0. The van der Waals surface area contributed by atoms with Crippen LogP contribution in [0.25, 0.3) is 11.1 Å². The first kappa shape index (κ1) is 19.1. The van der Waals surface area contributed by atoms with E-state index in [0.717, 1.165) is 19.4 Å². The summed E-state index contributed by atoms with van der Waals surface area (Å²) in [4.78, 5) is 15.4. The zero-order valence-corrected chi connectivity index (χ0v) is 16.4. The van der Waals surface area contributed by atoms with E-state index in [2.05, 4.69) is 25.9 Å². The van der Waals surface area contributed by atoms with Gasteiger partial charge in [0, 0.05) is 32.0 Å². The number of piperidine rings is 1. The van der Waals surface area contributed by atoms with Crippen LogP contribution in [0.1, 0.15) is 33.1 Å². The summed E-state index contributed by atoms with van der Waals surface area (Å²) in [5.74, 6) is 0.108. The Morgan fingerprint density at radius 2 is 2.00 bits per heavy atom. The third-order valence-corrected chi connectivity index (χ3v) is 7.19. The quantitative estimate of drug-likeness (QED) is 0.775. The van der Waals surface area contributed by atoms with Crippen molar-refractivity contribution in [2.24, 2.45) is 5.92 Å². The second kappa shape index (κ2) is 7.54. The molecule has 1 aromatic carbocycles. The Morgan fingerprint density at radius 3 is 2.65 bits per heavy atom. The molecule has 0 aliphatic carbocycles. The molecule has 0 spiro atoms. The van der Waals surface area contributed by atoms with Gasteiger partial charge >= 0.3 is 5.76 Å². The fourth-order valence-corrected chi connectivity index (χ4v) is 5.03. The molecule has 1 aliphatic rings. The molecule has 1 aliphatic heterocycles. The summed E-state index contributed by atoms with van der Waals surface area (Å²) >= 11 is 0. The molecule has 1 saturated heterocycles. The Morgan fingerprint density at radius 1 is 1.31 bits per heavy atom. The predicted octanol–water partition coefficient (Wildman–Crippen LogP) is 0.835. The smallest absolute Gasteiger partial charge is 0.408 e. The van der Waals surface area contributed by atoms with Crippen molar-refractivity contribution in [2.45, 2.75) is 44.0 Å². The number of rotatable bonds is 6. The second-order valence-electron chi connectivity index (χ2n) is 7.63. The molecule has 8 heteroatoms. The van der Waals surface area contributed by atoms with Crippen LogP contribution in [-0.4, -0.2) is 50.4 Å². The first-order valence-electron chi connectivity index (χ1n) is 9.22. The average Bonchev–Trinajstić information content (AvgIpc) is 2.98. The molecule has 1 unspecified atom stereocenters. The number of H-pyrrole nitrogens is 1. The van der Waals surface area contributed by atoms with Crippen LogP contribution in [0.15, 0.2) is 32.3 Å². The molecular weight excluding hydrogens is 354 g/mol. The standard InChI is InChI=1S/C18H27N3O4S/c1-13(2)6-9-20(3)14-7-10-21(11-8-14)26(23,24)15-4-5-16-17(12-15)25-18(22)19-16/h4-5,12-14H,6-11H2,1-3H3,(H,19,22)/p+1. The Balaban J connectivity index is 1.68. The Hall–Kier alpha value is -1.64. The van der Waals surface area contributed by atoms with Gasteiger partial charge in [0.15, 0.2) is 5.58 Å². The van der Waals surface area contributed by atoms with Crippen molar-refractivity contribution in [3.8, 4) is 0 Å². The molecule has 3 rings (SSSR count). The largest absolute Gasteiger partial charge is 0.417 e. The van der Waals surface area contributed by atoms with Crippen LogP contribution >= 0.6 is 0 Å². The van der Waals surface area contributed by atoms with E-state index in [4.69, 9.17) is 4.42 Å². The van der Waals surface area contributed by atoms with E-state index in [1.165, 1.54) is 23.5 Å². The topological polar surface area (TPSA) is 87.8 Å². The van der Waals surface area contributed by atoms with E-state index >= 15 is 0 Å². The van der Waals surface area contributed by atoms with Gasteiger partial charge in [0.05, 0.1) is 30.0 Å². The van der Waals surface area contributed by atoms with Crippen LogP contribution < -0.4 is 10.7 Å². The first-order valence-corrected chi connectivity index (χ1v) is 10.7. The van der Waals surface area contributed by atoms with E-state index in [1.807, 2.05) is 0 Å². The molecule has 1 fully saturated rings. The van der Waals surface area contributed by atoms with Gasteiger partial charge in [0.1, 0.15) is 0 Å². The molecule has 2 N–H and O–H groups in total. The van der Waals surface area contributed by atoms with Crippen LogP contribution in [0.2, 0.25) is 0 Å². The summed E-state index contributed by atoms with van der Waals surface area (Å²) in [6.07, 6.45) is 2.92. The maximum Gasteiger partial charge on any atom is 0.417 e. The molecule has 2 heterocycles. The third kappa shape index (κ3) is 4.02. The van der Waals surface area contributed by atoms with Gasteiger partial charge in [0.25, 0.3) is 0 Å². The number of hydrogen-bond donors (Lipinski definition) is 2. The van der Waals surface area contributed by atoms with Crippen LogP contribution in [0.5, 0.6) is 0 Å². The van der Waals surface area contributed by atoms with Crippen molar-refractivity contribution in [2.75, 3.05) is 26.7 Å². The van der Waals surface area contributed by atoms with E-state index in [9.17, 15) is 13.2 Å². The summed E-state index contributed by atoms with van der Waals surface area (Å²) in [5.41, 5.74) is 0.770. The van der Waals surface area contributed by atoms with E-state index in [-0.39, 0.29) is 10.5 Å². The van der Waals surface area contributed by atoms with Crippen LogP contribution in [0.3, 0.4) is 0 Å². The van der Waals surface area contributed by atoms with Crippen molar-refractivity contribution >= 4 is 21.1 Å². The van der Waals surface area contributed by atoms with Gasteiger partial charge in [-0.15, -0.1) is 0 Å². The fraction of sp³-hybridized carbons (Fsp3) is 0.611. The maximum absolute atomic E-state index is 12.9. The summed E-state index contributed by atoms with van der Waals surface area (Å²) < 4.78 is 32.4. The highest BCUT2D eigenvalue weighted by Crippen LogP contribution is 2.23. The lowest BCUT2D eigenvalue weighted by Crippen LogP contribution is -3.13. The molecule has 1 atom stereocenters. The van der Waals surface area contributed by atoms with Gasteiger partial charge in [-0.3, -0.25) is 4.98 Å². The lowest BCUT2D eigenvalue weighted by molar-refractivity contribution is -0.907. The number of benzene rings is 1. The van der Waals surface area contributed by atoms with Crippen molar-refractivity contribution < 1.29 is 17.7 Å². The number of nitrogens with one attached hydrogen (secondary N) is 2. The maximum atomic E-state index is 12.9. The molecule has 26 heavy (non-hydrogen) atoms. The van der Waals surface area contributed by atoms with E-state index < -0.39 is 15.8 Å². The third-order valence-electron chi connectivity index (χ3n) is 5.30. The monoisotopic (exact) mass is 382 g/mol. The number of quaternary nitrogens is 1. The molecule has 0 bridgehead atoms. The van der Waals surface area contributed by atoms with Crippen molar-refractivity contribution in [1.82, 2.24) is 9.29 Å². The van der Waals surface area contributed by atoms with Crippen molar-refractivity contribution in [3.05, 3.63) is 28.7 Å². The van der Waals surface area contributed by atoms with Gasteiger partial charge in [-0.05, 0) is 24.5 Å². The number of hydrogen-bond acceptors (Lipinski definition) is 4. The van der Waals surface area contributed by atoms with E-state index in [0.29, 0.717) is 30.6 Å². The molecule has 144 valence electrons. The Bertz CT molecular complexity index is 908. The first-order chi connectivity index (χ1) is 12.3. The zero-order valence-electron chi connectivity index (χ0n) is 15.6. The molecule has 0 radical (unpaired) electrons. The highest BCUT2D eigenvalue weighted by Gasteiger charge is 2.32. The molecule has 1 aromatic heterocycles. The summed E-state index contributed by atoms with van der Waals surface area (Å²) in [6, 6.07) is 5.03. The van der Waals surface area contributed by atoms with Gasteiger partial charge in [-0.25, -0.2) is 13.2 Å². The number of fused-ring (bicyclic) bond motifs is 1. The van der Waals surface area contributed by atoms with Crippen molar-refractivity contribution in [3.63, 3.8) is 0 Å². The highest BCUT2D eigenvalue weighted by atomic mass is 32.2. The normalized spacial score (nSPS) is 18.6. The minimum atomic E-state index is -3.57. The molecule has 7 nitrogen and oxygen atoms in total. The Labute approximate surface area is 154 Å². The second-order valence-corrected chi connectivity index (χ2v) is 9.57. The summed E-state index contributed by atoms with van der Waals surface area (Å²) in [5, 5.41) is 0. The van der Waals surface area contributed by atoms with Gasteiger partial charge in [0.2, 0.25) is 10.0 Å². The average molecular weight is 383 g/mol. The Kier molecular flexibility index (Phi) is 5.55. The molecule has 0 amide bonds. The minimum absolute atomic E-state index is 0.173. The van der Waals surface area contributed by atoms with Gasteiger partial charge in [-0.1, -0.05) is 13.8 Å². The van der Waals surface area contributed by atoms with Crippen molar-refractivity contribution in [1.29, 1.82) is 0 Å². The molecular formula is C18H28N3O4S+. The van der Waals surface area contributed by atoms with Crippen LogP contribution in [0.4, 0.5) is 0 Å². The molecule has 2 aromatic rings. The van der Waals surface area contributed by atoms with Crippen LogP contribution in [-0.2, 0) is 10.0 Å². The number of oxazole rings is 1. The number of aromatic nitrogens is 1. The SMILES string of the molecule is CC(C)CC[NH+](C)C1CCN(S(=O)(=O)c2ccc3[nH]c(=O)oc3c2)CC1. The van der Waals surface area contributed by atoms with Gasteiger partial charge in [-0.2, -0.15) is 4.31 Å². The molecule has 0 saturated carbocycles. The minimum Gasteiger partial charge on any atom is -0.408 e. The van der Waals surface area contributed by atoms with Gasteiger partial charge < -0.3 is 9.32 Å².